The van der Waals surface area contributed by atoms with Gasteiger partial charge in [0.05, 0.1) is 0 Å². The number of benzene rings is 1. The minimum absolute atomic E-state index is 0.121. The van der Waals surface area contributed by atoms with E-state index in [1.807, 2.05) is 0 Å². The molecular weight excluding hydrogens is 221 g/mol. The molecule has 0 spiro atoms. The van der Waals surface area contributed by atoms with Crippen LogP contribution in [0.1, 0.15) is 13.3 Å². The molecule has 16 heavy (non-hydrogen) atoms. The first kappa shape index (κ1) is 12.5. The van der Waals surface area contributed by atoms with Crippen molar-refractivity contribution in [2.45, 2.75) is 19.5 Å². The van der Waals surface area contributed by atoms with Crippen molar-refractivity contribution < 1.29 is 22.7 Å². The second kappa shape index (κ2) is 5.01. The van der Waals surface area contributed by atoms with Gasteiger partial charge in [0.2, 0.25) is 0 Å². The third kappa shape index (κ3) is 3.25. The molecular formula is C11H11F3O2. The van der Waals surface area contributed by atoms with Gasteiger partial charge in [0.1, 0.15) is 5.75 Å². The highest BCUT2D eigenvalue weighted by Crippen LogP contribution is 2.30. The molecule has 0 heterocycles. The molecule has 0 saturated carbocycles. The second-order valence-electron chi connectivity index (χ2n) is 3.24. The Labute approximate surface area is 91.0 Å². The predicted octanol–water partition coefficient (Wildman–Crippen LogP) is 3.18. The number of rotatable bonds is 3. The monoisotopic (exact) mass is 232 g/mol. The molecule has 88 valence electrons. The summed E-state index contributed by atoms with van der Waals surface area (Å²) in [5, 5.41) is 0. The largest absolute Gasteiger partial charge is 0.426 e. The summed E-state index contributed by atoms with van der Waals surface area (Å²) in [6, 6.07) is 7.70. The fraction of sp³-hybridized carbons (Fsp3) is 0.364. The van der Waals surface area contributed by atoms with Crippen LogP contribution in [0, 0.1) is 5.92 Å². The normalized spacial score (nSPS) is 13.2. The fourth-order valence-corrected chi connectivity index (χ4v) is 1.21. The number of hydrogen-bond donors (Lipinski definition) is 0. The van der Waals surface area contributed by atoms with E-state index in [-0.39, 0.29) is 12.2 Å². The molecule has 2 nitrogen and oxygen atoms in total. The SMILES string of the molecule is CCC(C(=O)Oc1ccccc1)C(F)(F)F. The Bertz CT molecular complexity index is 346. The molecule has 5 heteroatoms. The number of carbonyl (C=O) groups is 1. The zero-order chi connectivity index (χ0) is 12.2. The summed E-state index contributed by atoms with van der Waals surface area (Å²) in [7, 11) is 0. The van der Waals surface area contributed by atoms with Gasteiger partial charge in [-0.25, -0.2) is 0 Å². The highest BCUT2D eigenvalue weighted by molar-refractivity contribution is 5.75. The zero-order valence-electron chi connectivity index (χ0n) is 8.62. The van der Waals surface area contributed by atoms with Crippen molar-refractivity contribution in [1.82, 2.24) is 0 Å². The summed E-state index contributed by atoms with van der Waals surface area (Å²) in [5.41, 5.74) is 0. The molecule has 0 N–H and O–H groups in total. The van der Waals surface area contributed by atoms with Gasteiger partial charge in [-0.2, -0.15) is 13.2 Å². The van der Waals surface area contributed by atoms with Gasteiger partial charge in [-0.05, 0) is 18.6 Å². The van der Waals surface area contributed by atoms with Crippen molar-refractivity contribution in [2.75, 3.05) is 0 Å². The van der Waals surface area contributed by atoms with E-state index in [0.717, 1.165) is 0 Å². The van der Waals surface area contributed by atoms with Crippen LogP contribution in [0.4, 0.5) is 13.2 Å². The number of ether oxygens (including phenoxy) is 1. The molecule has 0 bridgehead atoms. The smallest absolute Gasteiger partial charge is 0.402 e. The lowest BCUT2D eigenvalue weighted by Gasteiger charge is -2.16. The van der Waals surface area contributed by atoms with Crippen molar-refractivity contribution in [3.8, 4) is 5.75 Å². The van der Waals surface area contributed by atoms with Gasteiger partial charge in [-0.3, -0.25) is 4.79 Å². The van der Waals surface area contributed by atoms with Crippen LogP contribution in [-0.4, -0.2) is 12.1 Å². The molecule has 1 aromatic carbocycles. The molecule has 0 radical (unpaired) electrons. The highest BCUT2D eigenvalue weighted by atomic mass is 19.4. The van der Waals surface area contributed by atoms with Crippen LogP contribution >= 0.6 is 0 Å². The van der Waals surface area contributed by atoms with Crippen LogP contribution in [0.2, 0.25) is 0 Å². The van der Waals surface area contributed by atoms with Gasteiger partial charge in [-0.15, -0.1) is 0 Å². The van der Waals surface area contributed by atoms with Gasteiger partial charge >= 0.3 is 12.1 Å². The van der Waals surface area contributed by atoms with E-state index in [4.69, 9.17) is 0 Å². The molecule has 0 aliphatic rings. The van der Waals surface area contributed by atoms with E-state index in [2.05, 4.69) is 4.74 Å². The van der Waals surface area contributed by atoms with Crippen molar-refractivity contribution in [1.29, 1.82) is 0 Å². The standard InChI is InChI=1S/C11H11F3O2/c1-2-9(11(12,13)14)10(15)16-8-6-4-3-5-7-8/h3-7,9H,2H2,1H3. The van der Waals surface area contributed by atoms with E-state index < -0.39 is 18.1 Å². The average molecular weight is 232 g/mol. The summed E-state index contributed by atoms with van der Waals surface area (Å²) < 4.78 is 41.8. The number of halogens is 3. The Morgan fingerprint density at radius 3 is 2.31 bits per heavy atom. The quantitative estimate of drug-likeness (QED) is 0.591. The Morgan fingerprint density at radius 1 is 1.31 bits per heavy atom. The lowest BCUT2D eigenvalue weighted by Crippen LogP contribution is -2.33. The minimum atomic E-state index is -4.55. The topological polar surface area (TPSA) is 26.3 Å². The van der Waals surface area contributed by atoms with Crippen LogP contribution in [0.5, 0.6) is 5.75 Å². The van der Waals surface area contributed by atoms with E-state index in [1.54, 1.807) is 18.2 Å². The van der Waals surface area contributed by atoms with E-state index in [9.17, 15) is 18.0 Å². The van der Waals surface area contributed by atoms with Gasteiger partial charge in [0.15, 0.2) is 5.92 Å². The molecule has 0 aliphatic carbocycles. The summed E-state index contributed by atoms with van der Waals surface area (Å²) >= 11 is 0. The van der Waals surface area contributed by atoms with Crippen LogP contribution in [-0.2, 0) is 4.79 Å². The third-order valence-corrected chi connectivity index (χ3v) is 2.05. The first-order chi connectivity index (χ1) is 7.45. The molecule has 1 aromatic rings. The Hall–Kier alpha value is -1.52. The molecule has 0 aliphatic heterocycles. The Kier molecular flexibility index (Phi) is 3.93. The number of para-hydroxylation sites is 1. The van der Waals surface area contributed by atoms with Crippen LogP contribution in [0.3, 0.4) is 0 Å². The van der Waals surface area contributed by atoms with Crippen molar-refractivity contribution in [2.24, 2.45) is 5.92 Å². The molecule has 1 rings (SSSR count). The maximum absolute atomic E-state index is 12.4. The number of alkyl halides is 3. The fourth-order valence-electron chi connectivity index (χ4n) is 1.21. The molecule has 1 unspecified atom stereocenters. The third-order valence-electron chi connectivity index (χ3n) is 2.05. The number of carbonyl (C=O) groups excluding carboxylic acids is 1. The maximum atomic E-state index is 12.4. The van der Waals surface area contributed by atoms with E-state index in [0.29, 0.717) is 0 Å². The first-order valence-corrected chi connectivity index (χ1v) is 4.78. The van der Waals surface area contributed by atoms with E-state index >= 15 is 0 Å². The van der Waals surface area contributed by atoms with Gasteiger partial charge < -0.3 is 4.74 Å². The predicted molar refractivity (Wildman–Crippen MR) is 51.9 cm³/mol. The second-order valence-corrected chi connectivity index (χ2v) is 3.24. The first-order valence-electron chi connectivity index (χ1n) is 4.78. The Morgan fingerprint density at radius 2 is 1.88 bits per heavy atom. The summed E-state index contributed by atoms with van der Waals surface area (Å²) in [6.07, 6.45) is -4.88. The van der Waals surface area contributed by atoms with Crippen LogP contribution in [0.15, 0.2) is 30.3 Å². The lowest BCUT2D eigenvalue weighted by molar-refractivity contribution is -0.192. The molecule has 0 saturated heterocycles. The number of hydrogen-bond acceptors (Lipinski definition) is 2. The lowest BCUT2D eigenvalue weighted by atomic mass is 10.1. The molecule has 0 amide bonds. The molecule has 0 aromatic heterocycles. The average Bonchev–Trinajstić information content (AvgIpc) is 2.17. The summed E-state index contributed by atoms with van der Waals surface area (Å²) in [4.78, 5) is 11.2. The van der Waals surface area contributed by atoms with Gasteiger partial charge in [-0.1, -0.05) is 25.1 Å². The van der Waals surface area contributed by atoms with Crippen molar-refractivity contribution in [3.05, 3.63) is 30.3 Å². The molecule has 1 atom stereocenters. The number of esters is 1. The summed E-state index contributed by atoms with van der Waals surface area (Å²) in [5.74, 6) is -3.20. The van der Waals surface area contributed by atoms with Gasteiger partial charge in [0.25, 0.3) is 0 Å². The Balaban J connectivity index is 2.71. The van der Waals surface area contributed by atoms with E-state index in [1.165, 1.54) is 19.1 Å². The van der Waals surface area contributed by atoms with Crippen molar-refractivity contribution >= 4 is 5.97 Å². The zero-order valence-corrected chi connectivity index (χ0v) is 8.62. The minimum Gasteiger partial charge on any atom is -0.426 e. The van der Waals surface area contributed by atoms with Crippen LogP contribution < -0.4 is 4.74 Å². The van der Waals surface area contributed by atoms with Gasteiger partial charge in [0, 0.05) is 0 Å². The molecule has 0 fully saturated rings. The maximum Gasteiger partial charge on any atom is 0.402 e. The highest BCUT2D eigenvalue weighted by Gasteiger charge is 2.44. The summed E-state index contributed by atoms with van der Waals surface area (Å²) in [6.45, 7) is 1.30. The van der Waals surface area contributed by atoms with Crippen LogP contribution in [0.25, 0.3) is 0 Å². The van der Waals surface area contributed by atoms with Crippen molar-refractivity contribution in [3.63, 3.8) is 0 Å².